The second kappa shape index (κ2) is 6.64. The number of rotatable bonds is 5. The number of ether oxygens (including phenoxy) is 2. The van der Waals surface area contributed by atoms with Crippen LogP contribution in [0, 0.1) is 5.92 Å². The van der Waals surface area contributed by atoms with Gasteiger partial charge in [0.05, 0.1) is 14.2 Å². The largest absolute Gasteiger partial charge is 0.493 e. The Balaban J connectivity index is 2.16. The summed E-state index contributed by atoms with van der Waals surface area (Å²) in [6.07, 6.45) is 6.65. The number of nitrogens with two attached hydrogens (primary N) is 1. The third kappa shape index (κ3) is 3.24. The van der Waals surface area contributed by atoms with E-state index in [0.29, 0.717) is 35.1 Å². The molecule has 0 aromatic heterocycles. The standard InChI is InChI=1S/C16H23NO3/c1-19-15-9-12(13(17)10-16(15)20-2)14(18)8-11-6-4-3-5-7-11/h9-11H,3-8,17H2,1-2H3. The molecule has 0 spiro atoms. The molecule has 4 nitrogen and oxygen atoms in total. The van der Waals surface area contributed by atoms with Crippen LogP contribution in [0.1, 0.15) is 48.9 Å². The van der Waals surface area contributed by atoms with Crippen molar-refractivity contribution in [1.82, 2.24) is 0 Å². The molecule has 0 unspecified atom stereocenters. The number of carbonyl (C=O) groups excluding carboxylic acids is 1. The van der Waals surface area contributed by atoms with Crippen molar-refractivity contribution < 1.29 is 14.3 Å². The van der Waals surface area contributed by atoms with Crippen LogP contribution in [0.15, 0.2) is 12.1 Å². The third-order valence-electron chi connectivity index (χ3n) is 4.05. The highest BCUT2D eigenvalue weighted by atomic mass is 16.5. The zero-order chi connectivity index (χ0) is 14.5. The van der Waals surface area contributed by atoms with Crippen molar-refractivity contribution in [3.05, 3.63) is 17.7 Å². The van der Waals surface area contributed by atoms with Gasteiger partial charge in [0.1, 0.15) is 0 Å². The zero-order valence-electron chi connectivity index (χ0n) is 12.3. The van der Waals surface area contributed by atoms with Crippen LogP contribution in [0.2, 0.25) is 0 Å². The lowest BCUT2D eigenvalue weighted by Crippen LogP contribution is -2.13. The maximum Gasteiger partial charge on any atom is 0.165 e. The summed E-state index contributed by atoms with van der Waals surface area (Å²) >= 11 is 0. The summed E-state index contributed by atoms with van der Waals surface area (Å²) in [5.41, 5.74) is 6.98. The molecule has 0 aliphatic heterocycles. The number of anilines is 1. The van der Waals surface area contributed by atoms with Gasteiger partial charge in [-0.1, -0.05) is 32.1 Å². The molecule has 0 bridgehead atoms. The van der Waals surface area contributed by atoms with Gasteiger partial charge in [0, 0.05) is 23.7 Å². The maximum atomic E-state index is 12.4. The van der Waals surface area contributed by atoms with Crippen molar-refractivity contribution in [2.45, 2.75) is 38.5 Å². The van der Waals surface area contributed by atoms with Crippen LogP contribution >= 0.6 is 0 Å². The van der Waals surface area contributed by atoms with Gasteiger partial charge in [-0.05, 0) is 12.0 Å². The SMILES string of the molecule is COc1cc(N)c(C(=O)CC2CCCCC2)cc1OC. The molecule has 1 aromatic rings. The minimum atomic E-state index is 0.107. The molecule has 0 atom stereocenters. The lowest BCUT2D eigenvalue weighted by molar-refractivity contribution is 0.0950. The smallest absolute Gasteiger partial charge is 0.165 e. The van der Waals surface area contributed by atoms with Crippen LogP contribution < -0.4 is 15.2 Å². The molecule has 110 valence electrons. The van der Waals surface area contributed by atoms with Crippen molar-refractivity contribution in [3.8, 4) is 11.5 Å². The average Bonchev–Trinajstić information content (AvgIpc) is 2.47. The van der Waals surface area contributed by atoms with Crippen LogP contribution in [0.4, 0.5) is 5.69 Å². The Labute approximate surface area is 120 Å². The molecule has 0 amide bonds. The molecule has 2 N–H and O–H groups in total. The Morgan fingerprint density at radius 3 is 2.35 bits per heavy atom. The van der Waals surface area contributed by atoms with Crippen LogP contribution in [-0.2, 0) is 0 Å². The summed E-state index contributed by atoms with van der Waals surface area (Å²) in [4.78, 5) is 12.4. The summed E-state index contributed by atoms with van der Waals surface area (Å²) < 4.78 is 10.4. The van der Waals surface area contributed by atoms with E-state index >= 15 is 0 Å². The zero-order valence-corrected chi connectivity index (χ0v) is 12.3. The molecule has 1 saturated carbocycles. The lowest BCUT2D eigenvalue weighted by Gasteiger charge is -2.21. The van der Waals surface area contributed by atoms with Crippen LogP contribution in [-0.4, -0.2) is 20.0 Å². The number of benzene rings is 1. The Morgan fingerprint density at radius 1 is 1.15 bits per heavy atom. The number of hydrogen-bond acceptors (Lipinski definition) is 4. The second-order valence-electron chi connectivity index (χ2n) is 5.43. The van der Waals surface area contributed by atoms with E-state index < -0.39 is 0 Å². The number of carbonyl (C=O) groups is 1. The molecular weight excluding hydrogens is 254 g/mol. The van der Waals surface area contributed by atoms with Crippen LogP contribution in [0.3, 0.4) is 0 Å². The van der Waals surface area contributed by atoms with Gasteiger partial charge in [-0.2, -0.15) is 0 Å². The summed E-state index contributed by atoms with van der Waals surface area (Å²) in [7, 11) is 3.12. The van der Waals surface area contributed by atoms with Gasteiger partial charge in [-0.3, -0.25) is 4.79 Å². The van der Waals surface area contributed by atoms with E-state index in [9.17, 15) is 4.79 Å². The Morgan fingerprint density at radius 2 is 1.75 bits per heavy atom. The Kier molecular flexibility index (Phi) is 4.88. The first kappa shape index (κ1) is 14.7. The van der Waals surface area contributed by atoms with Gasteiger partial charge in [0.25, 0.3) is 0 Å². The van der Waals surface area contributed by atoms with Crippen LogP contribution in [0.5, 0.6) is 11.5 Å². The number of methoxy groups -OCH3 is 2. The van der Waals surface area contributed by atoms with E-state index in [2.05, 4.69) is 0 Å². The molecule has 1 aliphatic rings. The highest BCUT2D eigenvalue weighted by molar-refractivity contribution is 6.01. The quantitative estimate of drug-likeness (QED) is 0.661. The average molecular weight is 277 g/mol. The minimum absolute atomic E-state index is 0.107. The fraction of sp³-hybridized carbons (Fsp3) is 0.562. The van der Waals surface area contributed by atoms with Crippen molar-refractivity contribution in [1.29, 1.82) is 0 Å². The molecular formula is C16H23NO3. The molecule has 0 saturated heterocycles. The van der Waals surface area contributed by atoms with Gasteiger partial charge in [-0.15, -0.1) is 0 Å². The monoisotopic (exact) mass is 277 g/mol. The molecule has 1 aliphatic carbocycles. The summed E-state index contributed by atoms with van der Waals surface area (Å²) in [6.45, 7) is 0. The molecule has 2 rings (SSSR count). The fourth-order valence-electron chi connectivity index (χ4n) is 2.90. The summed E-state index contributed by atoms with van der Waals surface area (Å²) in [5.74, 6) is 1.71. The van der Waals surface area contributed by atoms with Crippen molar-refractivity contribution in [2.24, 2.45) is 5.92 Å². The molecule has 0 heterocycles. The molecule has 4 heteroatoms. The Hall–Kier alpha value is -1.71. The van der Waals surface area contributed by atoms with Gasteiger partial charge < -0.3 is 15.2 Å². The predicted octanol–water partition coefficient (Wildman–Crippen LogP) is 3.44. The van der Waals surface area contributed by atoms with Gasteiger partial charge in [-0.25, -0.2) is 0 Å². The first-order valence-electron chi connectivity index (χ1n) is 7.20. The third-order valence-corrected chi connectivity index (χ3v) is 4.05. The van der Waals surface area contributed by atoms with E-state index in [1.807, 2.05) is 0 Å². The van der Waals surface area contributed by atoms with Crippen molar-refractivity contribution in [3.63, 3.8) is 0 Å². The van der Waals surface area contributed by atoms with Gasteiger partial charge in [0.2, 0.25) is 0 Å². The summed E-state index contributed by atoms with van der Waals surface area (Å²) in [6, 6.07) is 3.35. The Bertz CT molecular complexity index is 479. The number of hydrogen-bond donors (Lipinski definition) is 1. The number of nitrogen functional groups attached to an aromatic ring is 1. The topological polar surface area (TPSA) is 61.5 Å². The molecule has 1 fully saturated rings. The predicted molar refractivity (Wildman–Crippen MR) is 79.5 cm³/mol. The van der Waals surface area contributed by atoms with Crippen molar-refractivity contribution in [2.75, 3.05) is 20.0 Å². The summed E-state index contributed by atoms with van der Waals surface area (Å²) in [5, 5.41) is 0. The van der Waals surface area contributed by atoms with E-state index in [-0.39, 0.29) is 5.78 Å². The number of ketones is 1. The van der Waals surface area contributed by atoms with E-state index in [1.165, 1.54) is 19.3 Å². The molecule has 1 aromatic carbocycles. The highest BCUT2D eigenvalue weighted by Crippen LogP contribution is 2.34. The minimum Gasteiger partial charge on any atom is -0.493 e. The number of Topliss-reactive ketones (excluding diaryl/α,β-unsaturated/α-hetero) is 1. The first-order valence-corrected chi connectivity index (χ1v) is 7.20. The van der Waals surface area contributed by atoms with Crippen molar-refractivity contribution >= 4 is 11.5 Å². The lowest BCUT2D eigenvalue weighted by atomic mass is 9.84. The van der Waals surface area contributed by atoms with Gasteiger partial charge in [0.15, 0.2) is 17.3 Å². The maximum absolute atomic E-state index is 12.4. The molecule has 20 heavy (non-hydrogen) atoms. The first-order chi connectivity index (χ1) is 9.65. The van der Waals surface area contributed by atoms with E-state index in [0.717, 1.165) is 12.8 Å². The van der Waals surface area contributed by atoms with E-state index in [4.69, 9.17) is 15.2 Å². The highest BCUT2D eigenvalue weighted by Gasteiger charge is 2.21. The van der Waals surface area contributed by atoms with Gasteiger partial charge >= 0.3 is 0 Å². The second-order valence-corrected chi connectivity index (χ2v) is 5.43. The fourth-order valence-corrected chi connectivity index (χ4v) is 2.90. The van der Waals surface area contributed by atoms with Crippen LogP contribution in [0.25, 0.3) is 0 Å². The molecule has 0 radical (unpaired) electrons. The van der Waals surface area contributed by atoms with E-state index in [1.54, 1.807) is 26.4 Å². The normalized spacial score (nSPS) is 15.9.